The van der Waals surface area contributed by atoms with Crippen LogP contribution in [-0.4, -0.2) is 38.3 Å². The predicted molar refractivity (Wildman–Crippen MR) is 78.4 cm³/mol. The maximum Gasteiger partial charge on any atom is 0.159 e. The van der Waals surface area contributed by atoms with E-state index in [0.29, 0.717) is 12.1 Å². The number of rotatable bonds is 4. The molecular formula is C15H19N5O. The molecule has 2 unspecified atom stereocenters. The van der Waals surface area contributed by atoms with Crippen molar-refractivity contribution in [2.24, 2.45) is 5.92 Å². The van der Waals surface area contributed by atoms with Crippen LogP contribution in [0.4, 0.5) is 5.82 Å². The average molecular weight is 285 g/mol. The standard InChI is InChI=1S/C15H19N5O/c1-10-17-5-6-20(10)14-9-16-8-13(19-14)18-12-4-7-21-15(12)11-2-3-11/h5-6,8-9,11-12,15H,2-4,7H2,1H3,(H,18,19). The molecule has 1 N–H and O–H groups in total. The van der Waals surface area contributed by atoms with Crippen LogP contribution in [-0.2, 0) is 4.74 Å². The number of hydrogen-bond acceptors (Lipinski definition) is 5. The molecule has 2 aromatic rings. The number of nitrogens with zero attached hydrogens (tertiary/aromatic N) is 4. The summed E-state index contributed by atoms with van der Waals surface area (Å²) in [7, 11) is 0. The molecule has 2 aliphatic rings. The molecule has 1 aliphatic heterocycles. The van der Waals surface area contributed by atoms with E-state index in [1.807, 2.05) is 17.7 Å². The molecule has 0 aromatic carbocycles. The van der Waals surface area contributed by atoms with E-state index in [4.69, 9.17) is 4.74 Å². The second-order valence-electron chi connectivity index (χ2n) is 5.82. The molecular weight excluding hydrogens is 266 g/mol. The molecule has 1 aliphatic carbocycles. The Bertz CT molecular complexity index is 636. The van der Waals surface area contributed by atoms with Gasteiger partial charge in [0.05, 0.1) is 24.5 Å². The van der Waals surface area contributed by atoms with Crippen LogP contribution in [0.1, 0.15) is 25.1 Å². The van der Waals surface area contributed by atoms with Crippen molar-refractivity contribution in [1.29, 1.82) is 0 Å². The van der Waals surface area contributed by atoms with Crippen molar-refractivity contribution in [3.63, 3.8) is 0 Å². The van der Waals surface area contributed by atoms with Crippen molar-refractivity contribution in [3.8, 4) is 5.82 Å². The summed E-state index contributed by atoms with van der Waals surface area (Å²) in [5.41, 5.74) is 0. The highest BCUT2D eigenvalue weighted by Crippen LogP contribution is 2.39. The Labute approximate surface area is 123 Å². The second-order valence-corrected chi connectivity index (χ2v) is 5.82. The molecule has 3 heterocycles. The van der Waals surface area contributed by atoms with Crippen molar-refractivity contribution in [2.45, 2.75) is 38.3 Å². The molecule has 0 spiro atoms. The second kappa shape index (κ2) is 5.11. The molecule has 0 bridgehead atoms. The summed E-state index contributed by atoms with van der Waals surface area (Å²) in [6.07, 6.45) is 11.2. The van der Waals surface area contributed by atoms with Crippen LogP contribution in [0.3, 0.4) is 0 Å². The first kappa shape index (κ1) is 12.8. The molecule has 1 saturated carbocycles. The van der Waals surface area contributed by atoms with Gasteiger partial charge in [-0.05, 0) is 32.1 Å². The first-order chi connectivity index (χ1) is 10.3. The third-order valence-corrected chi connectivity index (χ3v) is 4.25. The largest absolute Gasteiger partial charge is 0.376 e. The Kier molecular flexibility index (Phi) is 3.11. The van der Waals surface area contributed by atoms with Gasteiger partial charge in [-0.1, -0.05) is 0 Å². The number of anilines is 1. The molecule has 21 heavy (non-hydrogen) atoms. The fraction of sp³-hybridized carbons (Fsp3) is 0.533. The van der Waals surface area contributed by atoms with Gasteiger partial charge in [-0.3, -0.25) is 9.55 Å². The van der Waals surface area contributed by atoms with Crippen LogP contribution < -0.4 is 5.32 Å². The van der Waals surface area contributed by atoms with Crippen LogP contribution in [0, 0.1) is 12.8 Å². The highest BCUT2D eigenvalue weighted by Gasteiger charge is 2.40. The maximum absolute atomic E-state index is 5.86. The smallest absolute Gasteiger partial charge is 0.159 e. The van der Waals surface area contributed by atoms with Crippen molar-refractivity contribution in [3.05, 3.63) is 30.6 Å². The third kappa shape index (κ3) is 2.51. The van der Waals surface area contributed by atoms with Gasteiger partial charge in [0.25, 0.3) is 0 Å². The quantitative estimate of drug-likeness (QED) is 0.930. The predicted octanol–water partition coefficient (Wildman–Crippen LogP) is 1.95. The summed E-state index contributed by atoms with van der Waals surface area (Å²) in [5, 5.41) is 3.50. The van der Waals surface area contributed by atoms with Gasteiger partial charge in [0, 0.05) is 19.0 Å². The zero-order chi connectivity index (χ0) is 14.2. The van der Waals surface area contributed by atoms with Gasteiger partial charge >= 0.3 is 0 Å². The number of nitrogens with one attached hydrogen (secondary N) is 1. The van der Waals surface area contributed by atoms with E-state index in [0.717, 1.165) is 36.4 Å². The highest BCUT2D eigenvalue weighted by molar-refractivity contribution is 5.38. The lowest BCUT2D eigenvalue weighted by Gasteiger charge is -2.20. The third-order valence-electron chi connectivity index (χ3n) is 4.25. The first-order valence-corrected chi connectivity index (χ1v) is 7.52. The minimum atomic E-state index is 0.338. The van der Waals surface area contributed by atoms with E-state index >= 15 is 0 Å². The molecule has 110 valence electrons. The van der Waals surface area contributed by atoms with Crippen LogP contribution >= 0.6 is 0 Å². The van der Waals surface area contributed by atoms with Crippen LogP contribution in [0.15, 0.2) is 24.8 Å². The van der Waals surface area contributed by atoms with Gasteiger partial charge in [-0.2, -0.15) is 0 Å². The fourth-order valence-electron chi connectivity index (χ4n) is 3.01. The molecule has 4 rings (SSSR count). The fourth-order valence-corrected chi connectivity index (χ4v) is 3.01. The van der Waals surface area contributed by atoms with Crippen LogP contribution in [0.2, 0.25) is 0 Å². The first-order valence-electron chi connectivity index (χ1n) is 7.52. The summed E-state index contributed by atoms with van der Waals surface area (Å²) < 4.78 is 7.79. The van der Waals surface area contributed by atoms with Gasteiger partial charge in [0.2, 0.25) is 0 Å². The zero-order valence-electron chi connectivity index (χ0n) is 12.1. The molecule has 2 atom stereocenters. The molecule has 1 saturated heterocycles. The van der Waals surface area contributed by atoms with Crippen LogP contribution in [0.5, 0.6) is 0 Å². The summed E-state index contributed by atoms with van der Waals surface area (Å²) in [6.45, 7) is 2.79. The number of aryl methyl sites for hydroxylation is 1. The lowest BCUT2D eigenvalue weighted by Crippen LogP contribution is -2.31. The van der Waals surface area contributed by atoms with Gasteiger partial charge in [0.15, 0.2) is 5.82 Å². The summed E-state index contributed by atoms with van der Waals surface area (Å²) in [5.74, 6) is 3.23. The minimum absolute atomic E-state index is 0.338. The Morgan fingerprint density at radius 1 is 1.29 bits per heavy atom. The summed E-state index contributed by atoms with van der Waals surface area (Å²) >= 11 is 0. The van der Waals surface area contributed by atoms with Gasteiger partial charge < -0.3 is 10.1 Å². The lowest BCUT2D eigenvalue weighted by atomic mass is 10.1. The van der Waals surface area contributed by atoms with E-state index in [2.05, 4.69) is 20.3 Å². The van der Waals surface area contributed by atoms with E-state index < -0.39 is 0 Å². The Hall–Kier alpha value is -1.95. The topological polar surface area (TPSA) is 64.9 Å². The molecule has 2 fully saturated rings. The van der Waals surface area contributed by atoms with Crippen molar-refractivity contribution >= 4 is 5.82 Å². The SMILES string of the molecule is Cc1nccn1-c1cncc(NC2CCOC2C2CC2)n1. The average Bonchev–Trinajstić information content (AvgIpc) is 3.08. The number of imidazole rings is 1. The molecule has 2 aromatic heterocycles. The summed E-state index contributed by atoms with van der Waals surface area (Å²) in [6, 6.07) is 0.353. The van der Waals surface area contributed by atoms with E-state index in [1.165, 1.54) is 12.8 Å². The Morgan fingerprint density at radius 2 is 2.19 bits per heavy atom. The van der Waals surface area contributed by atoms with Crippen molar-refractivity contribution < 1.29 is 4.74 Å². The minimum Gasteiger partial charge on any atom is -0.376 e. The lowest BCUT2D eigenvalue weighted by molar-refractivity contribution is 0.0898. The number of hydrogen-bond donors (Lipinski definition) is 1. The van der Waals surface area contributed by atoms with Gasteiger partial charge in [-0.25, -0.2) is 9.97 Å². The van der Waals surface area contributed by atoms with Crippen LogP contribution in [0.25, 0.3) is 5.82 Å². The van der Waals surface area contributed by atoms with E-state index in [1.54, 1.807) is 18.6 Å². The Balaban J connectivity index is 1.54. The van der Waals surface area contributed by atoms with E-state index in [-0.39, 0.29) is 0 Å². The number of aromatic nitrogens is 4. The van der Waals surface area contributed by atoms with Gasteiger partial charge in [0.1, 0.15) is 11.6 Å². The highest BCUT2D eigenvalue weighted by atomic mass is 16.5. The monoisotopic (exact) mass is 285 g/mol. The summed E-state index contributed by atoms with van der Waals surface area (Å²) in [4.78, 5) is 13.2. The molecule has 6 nitrogen and oxygen atoms in total. The maximum atomic E-state index is 5.86. The molecule has 0 radical (unpaired) electrons. The molecule has 0 amide bonds. The van der Waals surface area contributed by atoms with Crippen molar-refractivity contribution in [1.82, 2.24) is 19.5 Å². The van der Waals surface area contributed by atoms with Crippen molar-refractivity contribution in [2.75, 3.05) is 11.9 Å². The normalized spacial score (nSPS) is 25.2. The zero-order valence-corrected chi connectivity index (χ0v) is 12.1. The Morgan fingerprint density at radius 3 is 2.95 bits per heavy atom. The van der Waals surface area contributed by atoms with E-state index in [9.17, 15) is 0 Å². The molecule has 6 heteroatoms. The number of ether oxygens (including phenoxy) is 1. The van der Waals surface area contributed by atoms with Gasteiger partial charge in [-0.15, -0.1) is 0 Å².